The highest BCUT2D eigenvalue weighted by molar-refractivity contribution is 5.67. The number of nitrogens with zero attached hydrogens (tertiary/aromatic N) is 3. The van der Waals surface area contributed by atoms with Gasteiger partial charge >= 0.3 is 6.09 Å². The number of carbonyl (C=O) groups excluding carboxylic acids is 1. The van der Waals surface area contributed by atoms with E-state index in [0.29, 0.717) is 24.9 Å². The highest BCUT2D eigenvalue weighted by Crippen LogP contribution is 2.23. The molecule has 0 bridgehead atoms. The quantitative estimate of drug-likeness (QED) is 0.891. The minimum Gasteiger partial charge on any atom is -0.478 e. The average Bonchev–Trinajstić information content (AvgIpc) is 2.52. The van der Waals surface area contributed by atoms with Crippen molar-refractivity contribution in [2.75, 3.05) is 31.1 Å². The highest BCUT2D eigenvalue weighted by atomic mass is 16.6. The SMILES string of the molecule is CCOc1cc(N2CCC(CNC(=O)OC(C)(C)C)CC2)ncn1. The lowest BCUT2D eigenvalue weighted by molar-refractivity contribution is 0.0517. The van der Waals surface area contributed by atoms with E-state index in [1.807, 2.05) is 33.8 Å². The van der Waals surface area contributed by atoms with E-state index in [2.05, 4.69) is 20.2 Å². The maximum absolute atomic E-state index is 11.7. The summed E-state index contributed by atoms with van der Waals surface area (Å²) in [4.78, 5) is 22.4. The van der Waals surface area contributed by atoms with Gasteiger partial charge in [-0.1, -0.05) is 0 Å². The summed E-state index contributed by atoms with van der Waals surface area (Å²) in [7, 11) is 0. The van der Waals surface area contributed by atoms with Crippen LogP contribution in [0.4, 0.5) is 10.6 Å². The Kier molecular flexibility index (Phi) is 6.23. The number of rotatable bonds is 5. The molecule has 1 fully saturated rings. The minimum atomic E-state index is -0.460. The van der Waals surface area contributed by atoms with Gasteiger partial charge in [-0.25, -0.2) is 14.8 Å². The van der Waals surface area contributed by atoms with Crippen molar-refractivity contribution in [2.45, 2.75) is 46.1 Å². The van der Waals surface area contributed by atoms with Crippen LogP contribution >= 0.6 is 0 Å². The molecule has 1 aliphatic rings. The van der Waals surface area contributed by atoms with Crippen molar-refractivity contribution >= 4 is 11.9 Å². The van der Waals surface area contributed by atoms with Crippen molar-refractivity contribution in [1.29, 1.82) is 0 Å². The van der Waals surface area contributed by atoms with Gasteiger partial charge in [0.15, 0.2) is 0 Å². The molecular formula is C17H28N4O3. The molecule has 1 N–H and O–H groups in total. The smallest absolute Gasteiger partial charge is 0.407 e. The van der Waals surface area contributed by atoms with Gasteiger partial charge in [0.1, 0.15) is 17.7 Å². The number of hydrogen-bond acceptors (Lipinski definition) is 6. The number of aromatic nitrogens is 2. The molecule has 1 aromatic rings. The van der Waals surface area contributed by atoms with E-state index in [-0.39, 0.29) is 6.09 Å². The summed E-state index contributed by atoms with van der Waals surface area (Å²) >= 11 is 0. The van der Waals surface area contributed by atoms with Crippen molar-refractivity contribution in [2.24, 2.45) is 5.92 Å². The molecule has 0 radical (unpaired) electrons. The molecule has 134 valence electrons. The van der Waals surface area contributed by atoms with Gasteiger partial charge in [-0.3, -0.25) is 0 Å². The van der Waals surface area contributed by atoms with Gasteiger partial charge in [0.2, 0.25) is 5.88 Å². The number of nitrogens with one attached hydrogen (secondary N) is 1. The van der Waals surface area contributed by atoms with E-state index in [1.165, 1.54) is 6.33 Å². The molecular weight excluding hydrogens is 308 g/mol. The first-order valence-corrected chi connectivity index (χ1v) is 8.54. The number of ether oxygens (including phenoxy) is 2. The zero-order chi connectivity index (χ0) is 17.6. The molecule has 1 amide bonds. The molecule has 24 heavy (non-hydrogen) atoms. The molecule has 2 heterocycles. The monoisotopic (exact) mass is 336 g/mol. The van der Waals surface area contributed by atoms with E-state index < -0.39 is 5.60 Å². The van der Waals surface area contributed by atoms with E-state index in [1.54, 1.807) is 0 Å². The molecule has 0 aromatic carbocycles. The first-order valence-electron chi connectivity index (χ1n) is 8.54. The molecule has 2 rings (SSSR count). The fraction of sp³-hybridized carbons (Fsp3) is 0.706. The third kappa shape index (κ3) is 5.86. The Morgan fingerprint density at radius 2 is 2.04 bits per heavy atom. The van der Waals surface area contributed by atoms with Crippen LogP contribution in [-0.2, 0) is 4.74 Å². The standard InChI is InChI=1S/C17H28N4O3/c1-5-23-15-10-14(19-12-20-15)21-8-6-13(7-9-21)11-18-16(22)24-17(2,3)4/h10,12-13H,5-9,11H2,1-4H3,(H,18,22). The third-order valence-electron chi connectivity index (χ3n) is 3.79. The van der Waals surface area contributed by atoms with Crippen LogP contribution in [0.15, 0.2) is 12.4 Å². The predicted molar refractivity (Wildman–Crippen MR) is 92.4 cm³/mol. The second kappa shape index (κ2) is 8.17. The Bertz CT molecular complexity index is 537. The molecule has 1 aliphatic heterocycles. The number of anilines is 1. The van der Waals surface area contributed by atoms with Gasteiger partial charge in [-0.05, 0) is 46.5 Å². The van der Waals surface area contributed by atoms with Gasteiger partial charge in [-0.2, -0.15) is 0 Å². The van der Waals surface area contributed by atoms with E-state index >= 15 is 0 Å². The number of carbonyl (C=O) groups is 1. The van der Waals surface area contributed by atoms with Crippen LogP contribution in [0.5, 0.6) is 5.88 Å². The molecule has 0 spiro atoms. The highest BCUT2D eigenvalue weighted by Gasteiger charge is 2.22. The minimum absolute atomic E-state index is 0.345. The Balaban J connectivity index is 1.77. The van der Waals surface area contributed by atoms with Crippen molar-refractivity contribution in [3.05, 3.63) is 12.4 Å². The predicted octanol–water partition coefficient (Wildman–Crippen LogP) is 2.62. The summed E-state index contributed by atoms with van der Waals surface area (Å²) in [5, 5.41) is 2.86. The Morgan fingerprint density at radius 3 is 2.67 bits per heavy atom. The van der Waals surface area contributed by atoms with E-state index in [9.17, 15) is 4.79 Å². The Hall–Kier alpha value is -2.05. The van der Waals surface area contributed by atoms with Gasteiger partial charge in [0.25, 0.3) is 0 Å². The van der Waals surface area contributed by atoms with Crippen LogP contribution in [-0.4, -0.2) is 47.9 Å². The van der Waals surface area contributed by atoms with Gasteiger partial charge in [0, 0.05) is 25.7 Å². The van der Waals surface area contributed by atoms with Crippen LogP contribution in [0.3, 0.4) is 0 Å². The van der Waals surface area contributed by atoms with Crippen LogP contribution in [0, 0.1) is 5.92 Å². The first-order chi connectivity index (χ1) is 11.4. The maximum Gasteiger partial charge on any atom is 0.407 e. The topological polar surface area (TPSA) is 76.6 Å². The normalized spacial score (nSPS) is 15.9. The fourth-order valence-corrected chi connectivity index (χ4v) is 2.64. The van der Waals surface area contributed by atoms with Crippen molar-refractivity contribution in [1.82, 2.24) is 15.3 Å². The second-order valence-electron chi connectivity index (χ2n) is 6.96. The largest absolute Gasteiger partial charge is 0.478 e. The Morgan fingerprint density at radius 1 is 1.33 bits per heavy atom. The maximum atomic E-state index is 11.7. The molecule has 7 nitrogen and oxygen atoms in total. The summed E-state index contributed by atoms with van der Waals surface area (Å²) < 4.78 is 10.7. The summed E-state index contributed by atoms with van der Waals surface area (Å²) in [6, 6.07) is 1.88. The van der Waals surface area contributed by atoms with Gasteiger partial charge in [0.05, 0.1) is 6.61 Å². The number of amides is 1. The van der Waals surface area contributed by atoms with Gasteiger partial charge < -0.3 is 19.7 Å². The molecule has 1 aromatic heterocycles. The lowest BCUT2D eigenvalue weighted by atomic mass is 9.97. The zero-order valence-electron chi connectivity index (χ0n) is 15.0. The number of hydrogen-bond donors (Lipinski definition) is 1. The van der Waals surface area contributed by atoms with Crippen LogP contribution in [0.2, 0.25) is 0 Å². The summed E-state index contributed by atoms with van der Waals surface area (Å²) in [6.07, 6.45) is 3.20. The van der Waals surface area contributed by atoms with E-state index in [4.69, 9.17) is 9.47 Å². The third-order valence-corrected chi connectivity index (χ3v) is 3.79. The zero-order valence-corrected chi connectivity index (χ0v) is 15.0. The lowest BCUT2D eigenvalue weighted by Gasteiger charge is -2.33. The van der Waals surface area contributed by atoms with Crippen molar-refractivity contribution < 1.29 is 14.3 Å². The number of piperidine rings is 1. The molecule has 0 saturated carbocycles. The molecule has 0 aliphatic carbocycles. The van der Waals surface area contributed by atoms with Crippen LogP contribution < -0.4 is 15.0 Å². The van der Waals surface area contributed by atoms with Crippen molar-refractivity contribution in [3.63, 3.8) is 0 Å². The van der Waals surface area contributed by atoms with Crippen LogP contribution in [0.1, 0.15) is 40.5 Å². The molecule has 0 atom stereocenters. The average molecular weight is 336 g/mol. The molecule has 1 saturated heterocycles. The van der Waals surface area contributed by atoms with Gasteiger partial charge in [-0.15, -0.1) is 0 Å². The fourth-order valence-electron chi connectivity index (χ4n) is 2.64. The lowest BCUT2D eigenvalue weighted by Crippen LogP contribution is -2.40. The molecule has 7 heteroatoms. The Labute approximate surface area is 143 Å². The number of alkyl carbamates (subject to hydrolysis) is 1. The molecule has 0 unspecified atom stereocenters. The summed E-state index contributed by atoms with van der Waals surface area (Å²) in [5.41, 5.74) is -0.460. The second-order valence-corrected chi connectivity index (χ2v) is 6.96. The van der Waals surface area contributed by atoms with E-state index in [0.717, 1.165) is 31.7 Å². The summed E-state index contributed by atoms with van der Waals surface area (Å²) in [5.74, 6) is 1.96. The van der Waals surface area contributed by atoms with Crippen LogP contribution in [0.25, 0.3) is 0 Å². The summed E-state index contributed by atoms with van der Waals surface area (Å²) in [6.45, 7) is 10.6. The van der Waals surface area contributed by atoms with Crippen molar-refractivity contribution in [3.8, 4) is 5.88 Å². The first kappa shape index (κ1) is 18.3.